The van der Waals surface area contributed by atoms with E-state index in [0.29, 0.717) is 19.0 Å². The van der Waals surface area contributed by atoms with Crippen molar-refractivity contribution in [3.05, 3.63) is 0 Å². The van der Waals surface area contributed by atoms with Crippen molar-refractivity contribution in [3.63, 3.8) is 0 Å². The van der Waals surface area contributed by atoms with E-state index in [-0.39, 0.29) is 36.1 Å². The van der Waals surface area contributed by atoms with Gasteiger partial charge < -0.3 is 14.7 Å². The molecule has 1 N–H and O–H groups in total. The maximum absolute atomic E-state index is 12.7. The van der Waals surface area contributed by atoms with Crippen molar-refractivity contribution in [1.29, 1.82) is 0 Å². The van der Waals surface area contributed by atoms with Crippen LogP contribution in [-0.4, -0.2) is 47.3 Å². The van der Waals surface area contributed by atoms with E-state index in [1.54, 1.807) is 0 Å². The van der Waals surface area contributed by atoms with Crippen LogP contribution in [0.25, 0.3) is 0 Å². The number of carbonyl (C=O) groups excluding carboxylic acids is 1. The number of aliphatic hydroxyl groups excluding tert-OH is 1. The van der Waals surface area contributed by atoms with E-state index in [2.05, 4.69) is 6.92 Å². The molecule has 4 nitrogen and oxygen atoms in total. The predicted molar refractivity (Wildman–Crippen MR) is 85.4 cm³/mol. The van der Waals surface area contributed by atoms with Gasteiger partial charge >= 0.3 is 0 Å². The van der Waals surface area contributed by atoms with Gasteiger partial charge in [0, 0.05) is 24.9 Å². The highest BCUT2D eigenvalue weighted by molar-refractivity contribution is 5.80. The Morgan fingerprint density at radius 3 is 2.41 bits per heavy atom. The van der Waals surface area contributed by atoms with Gasteiger partial charge in [0.1, 0.15) is 6.10 Å². The molecule has 1 heterocycles. The number of hydrogen-bond donors (Lipinski definition) is 1. The van der Waals surface area contributed by atoms with Gasteiger partial charge in [-0.05, 0) is 38.5 Å². The number of nitrogens with zero attached hydrogens (tertiary/aromatic N) is 1. The number of fused-ring (bicyclic) bond motifs is 2. The average Bonchev–Trinajstić information content (AvgIpc) is 2.46. The van der Waals surface area contributed by atoms with Gasteiger partial charge in [0.25, 0.3) is 5.91 Å². The molecular formula is C18H31NO3. The number of ether oxygens (including phenoxy) is 1. The quantitative estimate of drug-likeness (QED) is 0.872. The first-order chi connectivity index (χ1) is 10.5. The minimum Gasteiger partial charge on any atom is -0.392 e. The SMILES string of the molecule is C[C@@H]1CCC[C@H](O[C@@H](C)C(=O)N2C[C@H]3CCC[C@@H](C2)C3O)C1. The van der Waals surface area contributed by atoms with E-state index < -0.39 is 0 Å². The number of rotatable bonds is 3. The Labute approximate surface area is 134 Å². The number of carbonyl (C=O) groups is 1. The first kappa shape index (κ1) is 16.3. The molecule has 3 rings (SSSR count). The van der Waals surface area contributed by atoms with E-state index in [9.17, 15) is 9.90 Å². The van der Waals surface area contributed by atoms with E-state index in [4.69, 9.17) is 4.74 Å². The lowest BCUT2D eigenvalue weighted by molar-refractivity contribution is -0.155. The van der Waals surface area contributed by atoms with Gasteiger partial charge in [-0.2, -0.15) is 0 Å². The summed E-state index contributed by atoms with van der Waals surface area (Å²) in [5.41, 5.74) is 0. The normalized spacial score (nSPS) is 40.3. The second-order valence-corrected chi connectivity index (χ2v) is 7.86. The lowest BCUT2D eigenvalue weighted by Gasteiger charge is -2.45. The number of hydrogen-bond acceptors (Lipinski definition) is 3. The summed E-state index contributed by atoms with van der Waals surface area (Å²) in [5, 5.41) is 10.2. The molecule has 3 fully saturated rings. The highest BCUT2D eigenvalue weighted by atomic mass is 16.5. The van der Waals surface area contributed by atoms with Crippen molar-refractivity contribution in [2.75, 3.05) is 13.1 Å². The van der Waals surface area contributed by atoms with Crippen LogP contribution >= 0.6 is 0 Å². The maximum atomic E-state index is 12.7. The van der Waals surface area contributed by atoms with E-state index >= 15 is 0 Å². The fourth-order valence-electron chi connectivity index (χ4n) is 4.69. The molecule has 3 aliphatic rings. The van der Waals surface area contributed by atoms with Crippen molar-refractivity contribution in [3.8, 4) is 0 Å². The fraction of sp³-hybridized carbons (Fsp3) is 0.944. The van der Waals surface area contributed by atoms with Crippen molar-refractivity contribution in [2.45, 2.75) is 77.1 Å². The molecular weight excluding hydrogens is 278 g/mol. The Bertz CT molecular complexity index is 386. The molecule has 1 saturated heterocycles. The second-order valence-electron chi connectivity index (χ2n) is 7.86. The van der Waals surface area contributed by atoms with Crippen LogP contribution in [0, 0.1) is 17.8 Å². The molecule has 0 spiro atoms. The summed E-state index contributed by atoms with van der Waals surface area (Å²) in [4.78, 5) is 14.7. The Balaban J connectivity index is 1.54. The van der Waals surface area contributed by atoms with Crippen molar-refractivity contribution < 1.29 is 14.6 Å². The van der Waals surface area contributed by atoms with Crippen LogP contribution in [0.3, 0.4) is 0 Å². The Morgan fingerprint density at radius 2 is 1.77 bits per heavy atom. The molecule has 0 aromatic heterocycles. The third kappa shape index (κ3) is 3.48. The zero-order valence-corrected chi connectivity index (χ0v) is 14.0. The lowest BCUT2D eigenvalue weighted by atomic mass is 9.75. The standard InChI is InChI=1S/C18H31NO3/c1-12-5-3-8-16(9-12)22-13(2)18(21)19-10-14-6-4-7-15(11-19)17(14)20/h12-17,20H,3-11H2,1-2H3/t12-,13+,14-,15+,16+,17?/m1/s1. The first-order valence-corrected chi connectivity index (χ1v) is 9.17. The number of amides is 1. The third-order valence-electron chi connectivity index (χ3n) is 5.97. The molecule has 6 atom stereocenters. The summed E-state index contributed by atoms with van der Waals surface area (Å²) in [7, 11) is 0. The predicted octanol–water partition coefficient (Wildman–Crippen LogP) is 2.59. The smallest absolute Gasteiger partial charge is 0.251 e. The van der Waals surface area contributed by atoms with Crippen molar-refractivity contribution in [2.24, 2.45) is 17.8 Å². The molecule has 22 heavy (non-hydrogen) atoms. The molecule has 2 aliphatic carbocycles. The highest BCUT2D eigenvalue weighted by Crippen LogP contribution is 2.35. The van der Waals surface area contributed by atoms with Crippen LogP contribution in [0.15, 0.2) is 0 Å². The van der Waals surface area contributed by atoms with Gasteiger partial charge in [0.15, 0.2) is 0 Å². The largest absolute Gasteiger partial charge is 0.392 e. The number of aliphatic hydroxyl groups is 1. The Hall–Kier alpha value is -0.610. The van der Waals surface area contributed by atoms with Crippen LogP contribution in [0.1, 0.15) is 58.8 Å². The molecule has 1 unspecified atom stereocenters. The summed E-state index contributed by atoms with van der Waals surface area (Å²) in [6.45, 7) is 5.61. The third-order valence-corrected chi connectivity index (χ3v) is 5.97. The van der Waals surface area contributed by atoms with Crippen LogP contribution in [-0.2, 0) is 9.53 Å². The van der Waals surface area contributed by atoms with Crippen LogP contribution in [0.5, 0.6) is 0 Å². The van der Waals surface area contributed by atoms with E-state index in [1.807, 2.05) is 11.8 Å². The second kappa shape index (κ2) is 6.88. The summed E-state index contributed by atoms with van der Waals surface area (Å²) in [6.07, 6.45) is 7.68. The molecule has 0 radical (unpaired) electrons. The Morgan fingerprint density at radius 1 is 1.14 bits per heavy atom. The summed E-state index contributed by atoms with van der Waals surface area (Å²) < 4.78 is 6.07. The van der Waals surface area contributed by atoms with Gasteiger partial charge in [-0.25, -0.2) is 0 Å². The van der Waals surface area contributed by atoms with Gasteiger partial charge in [-0.3, -0.25) is 4.79 Å². The van der Waals surface area contributed by atoms with Gasteiger partial charge in [-0.1, -0.05) is 26.2 Å². The van der Waals surface area contributed by atoms with Gasteiger partial charge in [-0.15, -0.1) is 0 Å². The van der Waals surface area contributed by atoms with Crippen molar-refractivity contribution >= 4 is 5.91 Å². The molecule has 1 aliphatic heterocycles. The monoisotopic (exact) mass is 309 g/mol. The number of likely N-dealkylation sites (tertiary alicyclic amines) is 1. The van der Waals surface area contributed by atoms with Crippen LogP contribution in [0.4, 0.5) is 0 Å². The zero-order valence-electron chi connectivity index (χ0n) is 14.0. The first-order valence-electron chi connectivity index (χ1n) is 9.17. The molecule has 0 aromatic carbocycles. The van der Waals surface area contributed by atoms with Crippen LogP contribution in [0.2, 0.25) is 0 Å². The minimum atomic E-state index is -0.341. The van der Waals surface area contributed by atoms with Crippen molar-refractivity contribution in [1.82, 2.24) is 4.90 Å². The van der Waals surface area contributed by atoms with E-state index in [0.717, 1.165) is 25.7 Å². The topological polar surface area (TPSA) is 49.8 Å². The van der Waals surface area contributed by atoms with Gasteiger partial charge in [0.2, 0.25) is 0 Å². The molecule has 4 heteroatoms. The fourth-order valence-corrected chi connectivity index (χ4v) is 4.69. The zero-order chi connectivity index (χ0) is 15.7. The number of piperidine rings is 1. The Kier molecular flexibility index (Phi) is 5.08. The highest BCUT2D eigenvalue weighted by Gasteiger charge is 2.41. The summed E-state index contributed by atoms with van der Waals surface area (Å²) in [6, 6.07) is 0. The summed E-state index contributed by atoms with van der Waals surface area (Å²) in [5.74, 6) is 1.39. The molecule has 2 saturated carbocycles. The average molecular weight is 309 g/mol. The van der Waals surface area contributed by atoms with E-state index in [1.165, 1.54) is 19.3 Å². The molecule has 126 valence electrons. The maximum Gasteiger partial charge on any atom is 0.251 e. The van der Waals surface area contributed by atoms with Crippen LogP contribution < -0.4 is 0 Å². The molecule has 0 aromatic rings. The summed E-state index contributed by atoms with van der Waals surface area (Å²) >= 11 is 0. The lowest BCUT2D eigenvalue weighted by Crippen LogP contribution is -2.55. The molecule has 1 amide bonds. The van der Waals surface area contributed by atoms with Gasteiger partial charge in [0.05, 0.1) is 12.2 Å². The minimum absolute atomic E-state index is 0.127. The molecule has 2 bridgehead atoms.